The van der Waals surface area contributed by atoms with E-state index in [2.05, 4.69) is 6.58 Å². The zero-order chi connectivity index (χ0) is 17.2. The molecule has 1 rings (SSSR count). The van der Waals surface area contributed by atoms with Gasteiger partial charge in [0.1, 0.15) is 11.4 Å². The number of aromatic hydroxyl groups is 3. The maximum absolute atomic E-state index is 11.2. The molecule has 0 heterocycles. The van der Waals surface area contributed by atoms with Crippen LogP contribution >= 0.6 is 0 Å². The third-order valence-electron chi connectivity index (χ3n) is 3.63. The molecule has 0 unspecified atom stereocenters. The number of phenolic OH excluding ortho intramolecular Hbond substituents is 3. The van der Waals surface area contributed by atoms with Crippen LogP contribution in [0.1, 0.15) is 50.3 Å². The van der Waals surface area contributed by atoms with E-state index in [-0.39, 0.29) is 35.2 Å². The molecule has 0 amide bonds. The first kappa shape index (κ1) is 17.9. The molecule has 0 aliphatic heterocycles. The summed E-state index contributed by atoms with van der Waals surface area (Å²) < 4.78 is 5.25. The van der Waals surface area contributed by atoms with Crippen molar-refractivity contribution >= 4 is 5.97 Å². The summed E-state index contributed by atoms with van der Waals surface area (Å²) in [5.41, 5.74) is 0.142. The van der Waals surface area contributed by atoms with E-state index in [0.717, 1.165) is 0 Å². The lowest BCUT2D eigenvalue weighted by atomic mass is 9.86. The average molecular weight is 308 g/mol. The summed E-state index contributed by atoms with van der Waals surface area (Å²) in [5, 5.41) is 30.6. The van der Waals surface area contributed by atoms with Crippen LogP contribution in [0.2, 0.25) is 0 Å². The van der Waals surface area contributed by atoms with Gasteiger partial charge in [-0.05, 0) is 20.8 Å². The SMILES string of the molecule is C=C[C@@H](C)c1c(O)c(O)c(C)c(O)c1CC(C)(C)OC(C)=O. The van der Waals surface area contributed by atoms with E-state index in [1.807, 2.05) is 0 Å². The van der Waals surface area contributed by atoms with E-state index in [9.17, 15) is 20.1 Å². The highest BCUT2D eigenvalue weighted by Gasteiger charge is 2.30. The number of hydrogen-bond donors (Lipinski definition) is 3. The molecule has 0 aliphatic rings. The number of carbonyl (C=O) groups excluding carboxylic acids is 1. The summed E-state index contributed by atoms with van der Waals surface area (Å²) in [4.78, 5) is 11.2. The highest BCUT2D eigenvalue weighted by atomic mass is 16.6. The Kier molecular flexibility index (Phi) is 5.12. The third-order valence-corrected chi connectivity index (χ3v) is 3.63. The predicted molar refractivity (Wildman–Crippen MR) is 84.3 cm³/mol. The van der Waals surface area contributed by atoms with E-state index >= 15 is 0 Å². The van der Waals surface area contributed by atoms with Crippen LogP contribution in [0.15, 0.2) is 12.7 Å². The number of allylic oxidation sites excluding steroid dienone is 1. The van der Waals surface area contributed by atoms with Crippen LogP contribution in [0.4, 0.5) is 0 Å². The molecule has 0 aromatic heterocycles. The summed E-state index contributed by atoms with van der Waals surface area (Å²) in [6.45, 7) is 11.7. The van der Waals surface area contributed by atoms with Crippen molar-refractivity contribution in [2.24, 2.45) is 0 Å². The van der Waals surface area contributed by atoms with Gasteiger partial charge in [-0.1, -0.05) is 13.0 Å². The molecule has 3 N–H and O–H groups in total. The highest BCUT2D eigenvalue weighted by Crippen LogP contribution is 2.46. The normalized spacial score (nSPS) is 12.8. The predicted octanol–water partition coefficient (Wildman–Crippen LogP) is 3.29. The molecule has 0 saturated heterocycles. The summed E-state index contributed by atoms with van der Waals surface area (Å²) in [6, 6.07) is 0. The summed E-state index contributed by atoms with van der Waals surface area (Å²) in [7, 11) is 0. The quantitative estimate of drug-likeness (QED) is 0.336. The minimum Gasteiger partial charge on any atom is -0.507 e. The van der Waals surface area contributed by atoms with Gasteiger partial charge in [0.25, 0.3) is 0 Å². The second-order valence-electron chi connectivity index (χ2n) is 6.12. The Morgan fingerprint density at radius 3 is 2.27 bits per heavy atom. The molecule has 5 nitrogen and oxygen atoms in total. The first-order valence-corrected chi connectivity index (χ1v) is 7.10. The molecular weight excluding hydrogens is 284 g/mol. The highest BCUT2D eigenvalue weighted by molar-refractivity contribution is 5.67. The van der Waals surface area contributed by atoms with Crippen LogP contribution in [-0.4, -0.2) is 26.9 Å². The van der Waals surface area contributed by atoms with Gasteiger partial charge in [0.2, 0.25) is 0 Å². The molecule has 1 aromatic carbocycles. The van der Waals surface area contributed by atoms with Crippen molar-refractivity contribution in [2.75, 3.05) is 0 Å². The number of hydrogen-bond acceptors (Lipinski definition) is 5. The molecule has 122 valence electrons. The van der Waals surface area contributed by atoms with Crippen molar-refractivity contribution in [2.45, 2.75) is 52.6 Å². The zero-order valence-electron chi connectivity index (χ0n) is 13.7. The smallest absolute Gasteiger partial charge is 0.303 e. The Labute approximate surface area is 130 Å². The lowest BCUT2D eigenvalue weighted by molar-refractivity contribution is -0.153. The maximum Gasteiger partial charge on any atom is 0.303 e. The number of benzene rings is 1. The van der Waals surface area contributed by atoms with E-state index < -0.39 is 11.6 Å². The number of phenols is 3. The Morgan fingerprint density at radius 1 is 1.27 bits per heavy atom. The van der Waals surface area contributed by atoms with Gasteiger partial charge < -0.3 is 20.1 Å². The van der Waals surface area contributed by atoms with E-state index in [4.69, 9.17) is 4.74 Å². The van der Waals surface area contributed by atoms with E-state index in [1.54, 1.807) is 26.8 Å². The second kappa shape index (κ2) is 6.30. The minimum absolute atomic E-state index is 0.112. The fraction of sp³-hybridized carbons (Fsp3) is 0.471. The van der Waals surface area contributed by atoms with Gasteiger partial charge in [-0.2, -0.15) is 0 Å². The lowest BCUT2D eigenvalue weighted by Crippen LogP contribution is -2.30. The standard InChI is InChI=1S/C17H24O5/c1-7-9(2)13-12(8-17(5,6)22-11(4)18)14(19)10(3)15(20)16(13)21/h7,9,19-21H,1,8H2,2-6H3/t9-/m1/s1. The zero-order valence-corrected chi connectivity index (χ0v) is 13.7. The van der Waals surface area contributed by atoms with Gasteiger partial charge in [0, 0.05) is 36.0 Å². The summed E-state index contributed by atoms with van der Waals surface area (Å²) in [5.74, 6) is -1.46. The average Bonchev–Trinajstić information content (AvgIpc) is 2.40. The number of esters is 1. The molecule has 1 aromatic rings. The number of carbonyl (C=O) groups is 1. The molecule has 0 radical (unpaired) electrons. The fourth-order valence-electron chi connectivity index (χ4n) is 2.55. The Hall–Kier alpha value is -2.17. The van der Waals surface area contributed by atoms with Crippen molar-refractivity contribution in [3.05, 3.63) is 29.3 Å². The lowest BCUT2D eigenvalue weighted by Gasteiger charge is -2.28. The molecule has 0 spiro atoms. The molecule has 1 atom stereocenters. The van der Waals surface area contributed by atoms with Crippen molar-refractivity contribution in [1.82, 2.24) is 0 Å². The first-order valence-electron chi connectivity index (χ1n) is 7.10. The van der Waals surface area contributed by atoms with Gasteiger partial charge in [-0.3, -0.25) is 4.79 Å². The van der Waals surface area contributed by atoms with Crippen LogP contribution in [-0.2, 0) is 16.0 Å². The topological polar surface area (TPSA) is 87.0 Å². The third kappa shape index (κ3) is 3.53. The molecule has 0 saturated carbocycles. The maximum atomic E-state index is 11.2. The summed E-state index contributed by atoms with van der Waals surface area (Å²) in [6.07, 6.45) is 1.80. The summed E-state index contributed by atoms with van der Waals surface area (Å²) >= 11 is 0. The molecule has 0 fully saturated rings. The Balaban J connectivity index is 3.51. The minimum atomic E-state index is -0.866. The van der Waals surface area contributed by atoms with Gasteiger partial charge in [-0.15, -0.1) is 6.58 Å². The van der Waals surface area contributed by atoms with Gasteiger partial charge >= 0.3 is 5.97 Å². The number of ether oxygens (including phenoxy) is 1. The molecular formula is C17H24O5. The Morgan fingerprint density at radius 2 is 1.82 bits per heavy atom. The van der Waals surface area contributed by atoms with Crippen LogP contribution < -0.4 is 0 Å². The monoisotopic (exact) mass is 308 g/mol. The fourth-order valence-corrected chi connectivity index (χ4v) is 2.55. The van der Waals surface area contributed by atoms with E-state index in [1.165, 1.54) is 13.8 Å². The van der Waals surface area contributed by atoms with Crippen molar-refractivity contribution in [3.8, 4) is 17.2 Å². The van der Waals surface area contributed by atoms with Crippen LogP contribution in [0.5, 0.6) is 17.2 Å². The van der Waals surface area contributed by atoms with Gasteiger partial charge in [0.15, 0.2) is 11.5 Å². The Bertz CT molecular complexity index is 602. The second-order valence-corrected chi connectivity index (χ2v) is 6.12. The van der Waals surface area contributed by atoms with Crippen molar-refractivity contribution in [3.63, 3.8) is 0 Å². The van der Waals surface area contributed by atoms with Crippen molar-refractivity contribution in [1.29, 1.82) is 0 Å². The van der Waals surface area contributed by atoms with Gasteiger partial charge in [0.05, 0.1) is 0 Å². The first-order chi connectivity index (χ1) is 10.0. The molecule has 22 heavy (non-hydrogen) atoms. The van der Waals surface area contributed by atoms with Crippen LogP contribution in [0.25, 0.3) is 0 Å². The molecule has 5 heteroatoms. The molecule has 0 bridgehead atoms. The molecule has 0 aliphatic carbocycles. The van der Waals surface area contributed by atoms with Crippen molar-refractivity contribution < 1.29 is 24.9 Å². The van der Waals surface area contributed by atoms with E-state index in [0.29, 0.717) is 11.1 Å². The van der Waals surface area contributed by atoms with Crippen LogP contribution in [0, 0.1) is 6.92 Å². The number of rotatable bonds is 5. The largest absolute Gasteiger partial charge is 0.507 e. The van der Waals surface area contributed by atoms with Gasteiger partial charge in [-0.25, -0.2) is 0 Å². The van der Waals surface area contributed by atoms with Crippen LogP contribution in [0.3, 0.4) is 0 Å².